The molecule has 0 radical (unpaired) electrons. The fourth-order valence-corrected chi connectivity index (χ4v) is 4.25. The first kappa shape index (κ1) is 22.1. The molecule has 1 aliphatic heterocycles. The number of methoxy groups -OCH3 is 2. The highest BCUT2D eigenvalue weighted by molar-refractivity contribution is 5.79. The average molecular weight is 414 g/mol. The third-order valence-electron chi connectivity index (χ3n) is 6.12. The van der Waals surface area contributed by atoms with Gasteiger partial charge in [-0.3, -0.25) is 4.79 Å². The number of hydrogen-bond acceptors (Lipinski definition) is 3. The van der Waals surface area contributed by atoms with E-state index >= 15 is 0 Å². The number of amides is 1. The third-order valence-corrected chi connectivity index (χ3v) is 6.12. The van der Waals surface area contributed by atoms with E-state index in [9.17, 15) is 4.79 Å². The minimum atomic E-state index is -0.0126. The van der Waals surface area contributed by atoms with Crippen molar-refractivity contribution in [3.63, 3.8) is 0 Å². The van der Waals surface area contributed by atoms with Crippen LogP contribution in [0.4, 0.5) is 0 Å². The molecule has 6 heteroatoms. The van der Waals surface area contributed by atoms with Gasteiger partial charge in [-0.2, -0.15) is 0 Å². The van der Waals surface area contributed by atoms with Crippen LogP contribution in [0.5, 0.6) is 11.5 Å². The molecule has 1 heterocycles. The Morgan fingerprint density at radius 3 is 2.27 bits per heavy atom. The van der Waals surface area contributed by atoms with E-state index in [0.717, 1.165) is 44.2 Å². The van der Waals surface area contributed by atoms with Gasteiger partial charge < -0.3 is 24.2 Å². The minimum absolute atomic E-state index is 0.0126. The van der Waals surface area contributed by atoms with Crippen molar-refractivity contribution in [3.05, 3.63) is 59.7 Å². The fraction of sp³-hybridized carbons (Fsp3) is 0.458. The maximum Gasteiger partial charge on any atom is 0.280 e. The summed E-state index contributed by atoms with van der Waals surface area (Å²) in [6.07, 6.45) is 0. The Hall–Kier alpha value is -2.57. The van der Waals surface area contributed by atoms with E-state index in [0.29, 0.717) is 6.54 Å². The smallest absolute Gasteiger partial charge is 0.280 e. The van der Waals surface area contributed by atoms with Crippen molar-refractivity contribution >= 4 is 5.91 Å². The Morgan fingerprint density at radius 1 is 0.967 bits per heavy atom. The van der Waals surface area contributed by atoms with Crippen LogP contribution in [0.2, 0.25) is 0 Å². The molecule has 1 saturated heterocycles. The molecule has 1 amide bonds. The Kier molecular flexibility index (Phi) is 7.71. The van der Waals surface area contributed by atoms with E-state index in [1.165, 1.54) is 16.0 Å². The van der Waals surface area contributed by atoms with E-state index in [-0.39, 0.29) is 11.9 Å². The molecule has 2 aromatic carbocycles. The largest absolute Gasteiger partial charge is 0.493 e. The summed E-state index contributed by atoms with van der Waals surface area (Å²) in [4.78, 5) is 17.7. The van der Waals surface area contributed by atoms with Gasteiger partial charge in [-0.25, -0.2) is 0 Å². The Morgan fingerprint density at radius 2 is 1.63 bits per heavy atom. The fourth-order valence-electron chi connectivity index (χ4n) is 4.25. The first-order valence-electron chi connectivity index (χ1n) is 10.7. The quantitative estimate of drug-likeness (QED) is 0.642. The molecule has 0 unspecified atom stereocenters. The summed E-state index contributed by atoms with van der Waals surface area (Å²) in [6, 6.07) is 16.3. The molecular weight excluding hydrogens is 378 g/mol. The van der Waals surface area contributed by atoms with Gasteiger partial charge in [0, 0.05) is 19.2 Å². The number of hydrogen-bond donors (Lipinski definition) is 2. The molecule has 0 spiro atoms. The summed E-state index contributed by atoms with van der Waals surface area (Å²) in [5, 5.41) is 0. The van der Waals surface area contributed by atoms with Crippen molar-refractivity contribution in [3.8, 4) is 11.5 Å². The molecule has 162 valence electrons. The number of ether oxygens (including phenoxy) is 2. The highest BCUT2D eigenvalue weighted by atomic mass is 16.5. The standard InChI is InChI=1S/C24H33N3O3/c1-19(24(28)25(2)17-20-8-6-5-7-9-20)27-14-12-26(13-15-27)18-21-10-11-22(29-3)23(16-21)30-4/h5-11,16,19H,12-15,17-18H2,1-4H3/p+2/t19-/m0/s1. The van der Waals surface area contributed by atoms with Crippen molar-refractivity contribution < 1.29 is 24.1 Å². The molecule has 6 nitrogen and oxygen atoms in total. The van der Waals surface area contributed by atoms with Crippen molar-refractivity contribution in [1.29, 1.82) is 0 Å². The topological polar surface area (TPSA) is 47.7 Å². The summed E-state index contributed by atoms with van der Waals surface area (Å²) >= 11 is 0. The minimum Gasteiger partial charge on any atom is -0.493 e. The van der Waals surface area contributed by atoms with E-state index in [4.69, 9.17) is 9.47 Å². The maximum absolute atomic E-state index is 12.9. The maximum atomic E-state index is 12.9. The van der Waals surface area contributed by atoms with Gasteiger partial charge in [-0.1, -0.05) is 30.3 Å². The van der Waals surface area contributed by atoms with Gasteiger partial charge in [0.15, 0.2) is 17.5 Å². The molecule has 1 aliphatic rings. The number of rotatable bonds is 8. The zero-order valence-corrected chi connectivity index (χ0v) is 18.6. The van der Waals surface area contributed by atoms with Crippen molar-refractivity contribution in [2.45, 2.75) is 26.1 Å². The molecule has 3 rings (SSSR count). The lowest BCUT2D eigenvalue weighted by atomic mass is 10.1. The second kappa shape index (κ2) is 10.5. The number of carbonyl (C=O) groups is 1. The van der Waals surface area contributed by atoms with Gasteiger partial charge in [0.1, 0.15) is 32.7 Å². The highest BCUT2D eigenvalue weighted by Gasteiger charge is 2.32. The van der Waals surface area contributed by atoms with Crippen LogP contribution in [-0.2, 0) is 17.9 Å². The SMILES string of the molecule is COc1ccc(C[NH+]2CC[NH+]([C@@H](C)C(=O)N(C)Cc3ccccc3)CC2)cc1OC. The molecule has 30 heavy (non-hydrogen) atoms. The third kappa shape index (κ3) is 5.52. The second-order valence-corrected chi connectivity index (χ2v) is 8.18. The lowest BCUT2D eigenvalue weighted by molar-refractivity contribution is -1.02. The molecule has 1 atom stereocenters. The van der Waals surface area contributed by atoms with Gasteiger partial charge in [0.25, 0.3) is 5.91 Å². The van der Waals surface area contributed by atoms with Crippen LogP contribution in [0.25, 0.3) is 0 Å². The predicted molar refractivity (Wildman–Crippen MR) is 117 cm³/mol. The van der Waals surface area contributed by atoms with Crippen molar-refractivity contribution in [2.75, 3.05) is 47.4 Å². The van der Waals surface area contributed by atoms with Gasteiger partial charge in [0.05, 0.1) is 14.2 Å². The van der Waals surface area contributed by atoms with Crippen LogP contribution in [0, 0.1) is 0 Å². The van der Waals surface area contributed by atoms with E-state index in [1.54, 1.807) is 19.1 Å². The number of quaternary nitrogens is 2. The van der Waals surface area contributed by atoms with Crippen LogP contribution in [0.1, 0.15) is 18.1 Å². The summed E-state index contributed by atoms with van der Waals surface area (Å²) in [5.41, 5.74) is 2.41. The molecule has 0 aliphatic carbocycles. The van der Waals surface area contributed by atoms with E-state index < -0.39 is 0 Å². The molecule has 2 aromatic rings. The molecule has 2 N–H and O–H groups in total. The van der Waals surface area contributed by atoms with Gasteiger partial charge in [-0.15, -0.1) is 0 Å². The van der Waals surface area contributed by atoms with Crippen LogP contribution >= 0.6 is 0 Å². The molecule has 1 fully saturated rings. The number of benzene rings is 2. The summed E-state index contributed by atoms with van der Waals surface area (Å²) < 4.78 is 10.8. The van der Waals surface area contributed by atoms with Crippen LogP contribution < -0.4 is 19.3 Å². The average Bonchev–Trinajstić information content (AvgIpc) is 2.79. The van der Waals surface area contributed by atoms with Crippen LogP contribution in [0.3, 0.4) is 0 Å². The zero-order valence-electron chi connectivity index (χ0n) is 18.6. The Bertz CT molecular complexity index is 820. The molecular formula is C24H35N3O3+2. The number of piperazine rings is 1. The van der Waals surface area contributed by atoms with E-state index in [1.807, 2.05) is 36.2 Å². The van der Waals surface area contributed by atoms with E-state index in [2.05, 4.69) is 31.2 Å². The van der Waals surface area contributed by atoms with Gasteiger partial charge >= 0.3 is 0 Å². The lowest BCUT2D eigenvalue weighted by Crippen LogP contribution is -3.29. The number of likely N-dealkylation sites (N-methyl/N-ethyl adjacent to an activating group) is 1. The first-order valence-corrected chi connectivity index (χ1v) is 10.7. The van der Waals surface area contributed by atoms with Crippen molar-refractivity contribution in [1.82, 2.24) is 4.90 Å². The number of nitrogens with zero attached hydrogens (tertiary/aromatic N) is 1. The van der Waals surface area contributed by atoms with Crippen LogP contribution in [0.15, 0.2) is 48.5 Å². The Balaban J connectivity index is 1.50. The van der Waals surface area contributed by atoms with Gasteiger partial charge in [0.2, 0.25) is 0 Å². The lowest BCUT2D eigenvalue weighted by Gasteiger charge is -2.34. The number of nitrogens with one attached hydrogen (secondary N) is 2. The predicted octanol–water partition coefficient (Wildman–Crippen LogP) is 0.0343. The summed E-state index contributed by atoms with van der Waals surface area (Å²) in [6.45, 7) is 7.83. The zero-order chi connectivity index (χ0) is 21.5. The van der Waals surface area contributed by atoms with Gasteiger partial charge in [-0.05, 0) is 30.7 Å². The Labute approximate surface area is 180 Å². The molecule has 0 aromatic heterocycles. The molecule has 0 bridgehead atoms. The number of carbonyl (C=O) groups excluding carboxylic acids is 1. The summed E-state index contributed by atoms with van der Waals surface area (Å²) in [7, 11) is 5.23. The summed E-state index contributed by atoms with van der Waals surface area (Å²) in [5.74, 6) is 1.76. The van der Waals surface area contributed by atoms with Crippen molar-refractivity contribution in [2.24, 2.45) is 0 Å². The second-order valence-electron chi connectivity index (χ2n) is 8.18. The first-order chi connectivity index (χ1) is 14.5. The monoisotopic (exact) mass is 413 g/mol. The van der Waals surface area contributed by atoms with Crippen LogP contribution in [-0.4, -0.2) is 64.3 Å². The normalized spacial score (nSPS) is 19.7. The molecule has 0 saturated carbocycles. The highest BCUT2D eigenvalue weighted by Crippen LogP contribution is 2.27.